The van der Waals surface area contributed by atoms with E-state index in [9.17, 15) is 9.59 Å². The molecule has 2 aromatic rings. The first-order valence-electron chi connectivity index (χ1n) is 8.84. The van der Waals surface area contributed by atoms with Crippen LogP contribution < -0.4 is 15.5 Å². The molecule has 0 aliphatic carbocycles. The lowest BCUT2D eigenvalue weighted by molar-refractivity contribution is -0.114. The molecule has 7 heteroatoms. The fourth-order valence-corrected chi connectivity index (χ4v) is 3.20. The zero-order valence-corrected chi connectivity index (χ0v) is 16.2. The van der Waals surface area contributed by atoms with Gasteiger partial charge in [-0.3, -0.25) is 9.59 Å². The molecule has 27 heavy (non-hydrogen) atoms. The summed E-state index contributed by atoms with van der Waals surface area (Å²) in [5.74, 6) is -0.564. The SMILES string of the molecule is CC(=O)Nc1cc(Cl)ccc1C(=O)Nc1ccc(N2CCN(C)CC2)cc1. The lowest BCUT2D eigenvalue weighted by Gasteiger charge is -2.34. The number of hydrogen-bond acceptors (Lipinski definition) is 4. The van der Waals surface area contributed by atoms with Gasteiger partial charge in [-0.2, -0.15) is 0 Å². The number of carbonyl (C=O) groups is 2. The first-order valence-corrected chi connectivity index (χ1v) is 9.22. The van der Waals surface area contributed by atoms with Crippen molar-refractivity contribution in [3.8, 4) is 0 Å². The first kappa shape index (κ1) is 19.2. The molecule has 3 rings (SSSR count). The Morgan fingerprint density at radius 2 is 1.63 bits per heavy atom. The molecule has 142 valence electrons. The highest BCUT2D eigenvalue weighted by Crippen LogP contribution is 2.24. The second-order valence-electron chi connectivity index (χ2n) is 6.66. The van der Waals surface area contributed by atoms with Gasteiger partial charge in [0.1, 0.15) is 0 Å². The average Bonchev–Trinajstić information content (AvgIpc) is 2.62. The minimum atomic E-state index is -0.303. The molecule has 0 radical (unpaired) electrons. The molecule has 0 atom stereocenters. The van der Waals surface area contributed by atoms with Crippen molar-refractivity contribution in [1.82, 2.24) is 4.90 Å². The van der Waals surface area contributed by atoms with Crippen molar-refractivity contribution in [1.29, 1.82) is 0 Å². The van der Waals surface area contributed by atoms with Crippen LogP contribution in [-0.4, -0.2) is 49.9 Å². The summed E-state index contributed by atoms with van der Waals surface area (Å²) in [5.41, 5.74) is 2.59. The Labute approximate surface area is 164 Å². The molecule has 2 amide bonds. The van der Waals surface area contributed by atoms with Crippen molar-refractivity contribution in [3.05, 3.63) is 53.1 Å². The summed E-state index contributed by atoms with van der Waals surface area (Å²) in [6, 6.07) is 12.6. The van der Waals surface area contributed by atoms with Gasteiger partial charge in [0.15, 0.2) is 0 Å². The Hall–Kier alpha value is -2.57. The number of nitrogens with one attached hydrogen (secondary N) is 2. The quantitative estimate of drug-likeness (QED) is 0.846. The first-order chi connectivity index (χ1) is 12.9. The van der Waals surface area contributed by atoms with E-state index in [1.165, 1.54) is 6.92 Å². The van der Waals surface area contributed by atoms with Crippen LogP contribution >= 0.6 is 11.6 Å². The molecule has 1 aliphatic rings. The smallest absolute Gasteiger partial charge is 0.257 e. The third-order valence-electron chi connectivity index (χ3n) is 4.53. The molecule has 1 fully saturated rings. The third-order valence-corrected chi connectivity index (χ3v) is 4.77. The van der Waals surface area contributed by atoms with Crippen LogP contribution in [0.4, 0.5) is 17.1 Å². The molecule has 1 saturated heterocycles. The number of amides is 2. The fourth-order valence-electron chi connectivity index (χ4n) is 3.03. The van der Waals surface area contributed by atoms with E-state index in [2.05, 4.69) is 27.5 Å². The maximum atomic E-state index is 12.6. The summed E-state index contributed by atoms with van der Waals surface area (Å²) in [4.78, 5) is 28.6. The number of piperazine rings is 1. The van der Waals surface area contributed by atoms with Crippen LogP contribution in [0, 0.1) is 0 Å². The predicted octanol–water partition coefficient (Wildman–Crippen LogP) is 3.30. The van der Waals surface area contributed by atoms with Gasteiger partial charge in [0.25, 0.3) is 5.91 Å². The monoisotopic (exact) mass is 386 g/mol. The minimum Gasteiger partial charge on any atom is -0.369 e. The Bertz CT molecular complexity index is 830. The lowest BCUT2D eigenvalue weighted by atomic mass is 10.1. The molecule has 0 spiro atoms. The zero-order valence-electron chi connectivity index (χ0n) is 15.5. The second-order valence-corrected chi connectivity index (χ2v) is 7.10. The molecular formula is C20H23ClN4O2. The number of anilines is 3. The van der Waals surface area contributed by atoms with Gasteiger partial charge in [-0.05, 0) is 49.5 Å². The topological polar surface area (TPSA) is 64.7 Å². The molecule has 0 unspecified atom stereocenters. The second kappa shape index (κ2) is 8.41. The van der Waals surface area contributed by atoms with Gasteiger partial charge in [-0.15, -0.1) is 0 Å². The number of likely N-dealkylation sites (N-methyl/N-ethyl adjacent to an activating group) is 1. The molecular weight excluding hydrogens is 364 g/mol. The fraction of sp³-hybridized carbons (Fsp3) is 0.300. The van der Waals surface area contributed by atoms with Crippen LogP contribution in [0.1, 0.15) is 17.3 Å². The molecule has 0 saturated carbocycles. The van der Waals surface area contributed by atoms with Crippen LogP contribution in [-0.2, 0) is 4.79 Å². The van der Waals surface area contributed by atoms with E-state index in [0.29, 0.717) is 22.0 Å². The van der Waals surface area contributed by atoms with Crippen molar-refractivity contribution in [2.24, 2.45) is 0 Å². The Kier molecular flexibility index (Phi) is 5.98. The molecule has 2 aromatic carbocycles. The third kappa shape index (κ3) is 4.99. The number of nitrogens with zero attached hydrogens (tertiary/aromatic N) is 2. The van der Waals surface area contributed by atoms with Crippen molar-refractivity contribution in [2.75, 3.05) is 48.8 Å². The molecule has 1 heterocycles. The van der Waals surface area contributed by atoms with Crippen LogP contribution in [0.25, 0.3) is 0 Å². The summed E-state index contributed by atoms with van der Waals surface area (Å²) in [5, 5.41) is 5.96. The summed E-state index contributed by atoms with van der Waals surface area (Å²) in [6.45, 7) is 5.46. The number of hydrogen-bond donors (Lipinski definition) is 2. The zero-order chi connectivity index (χ0) is 19.4. The number of rotatable bonds is 4. The summed E-state index contributed by atoms with van der Waals surface area (Å²) >= 11 is 5.97. The van der Waals surface area contributed by atoms with Gasteiger partial charge in [-0.25, -0.2) is 0 Å². The molecule has 6 nitrogen and oxygen atoms in total. The number of halogens is 1. The Morgan fingerprint density at radius 1 is 0.963 bits per heavy atom. The largest absolute Gasteiger partial charge is 0.369 e. The van der Waals surface area contributed by atoms with E-state index in [4.69, 9.17) is 11.6 Å². The minimum absolute atomic E-state index is 0.261. The number of benzene rings is 2. The van der Waals surface area contributed by atoms with Crippen LogP contribution in [0.2, 0.25) is 5.02 Å². The Balaban J connectivity index is 1.70. The molecule has 0 aromatic heterocycles. The van der Waals surface area contributed by atoms with Gasteiger partial charge >= 0.3 is 0 Å². The van der Waals surface area contributed by atoms with Gasteiger partial charge in [0, 0.05) is 49.5 Å². The summed E-state index contributed by atoms with van der Waals surface area (Å²) in [7, 11) is 2.13. The Morgan fingerprint density at radius 3 is 2.26 bits per heavy atom. The van der Waals surface area contributed by atoms with Gasteiger partial charge in [0.2, 0.25) is 5.91 Å². The molecule has 1 aliphatic heterocycles. The highest BCUT2D eigenvalue weighted by atomic mass is 35.5. The highest BCUT2D eigenvalue weighted by Gasteiger charge is 2.16. The normalized spacial score (nSPS) is 14.7. The predicted molar refractivity (Wildman–Crippen MR) is 110 cm³/mol. The highest BCUT2D eigenvalue weighted by molar-refractivity contribution is 6.31. The van der Waals surface area contributed by atoms with E-state index < -0.39 is 0 Å². The summed E-state index contributed by atoms with van der Waals surface area (Å²) in [6.07, 6.45) is 0. The van der Waals surface area contributed by atoms with Crippen LogP contribution in [0.15, 0.2) is 42.5 Å². The van der Waals surface area contributed by atoms with E-state index in [0.717, 1.165) is 31.9 Å². The lowest BCUT2D eigenvalue weighted by Crippen LogP contribution is -2.44. The van der Waals surface area contributed by atoms with Crippen molar-refractivity contribution in [3.63, 3.8) is 0 Å². The molecule has 2 N–H and O–H groups in total. The maximum Gasteiger partial charge on any atom is 0.257 e. The van der Waals surface area contributed by atoms with Gasteiger partial charge in [0.05, 0.1) is 11.3 Å². The standard InChI is InChI=1S/C20H23ClN4O2/c1-14(26)22-19-13-15(21)3-8-18(19)20(27)23-16-4-6-17(7-5-16)25-11-9-24(2)10-12-25/h3-8,13H,9-12H2,1-2H3,(H,22,26)(H,23,27). The van der Waals surface area contributed by atoms with Crippen molar-refractivity contribution in [2.45, 2.75) is 6.92 Å². The van der Waals surface area contributed by atoms with E-state index in [-0.39, 0.29) is 11.8 Å². The van der Waals surface area contributed by atoms with Crippen LogP contribution in [0.3, 0.4) is 0 Å². The maximum absolute atomic E-state index is 12.6. The molecule has 0 bridgehead atoms. The van der Waals surface area contributed by atoms with E-state index in [1.807, 2.05) is 24.3 Å². The van der Waals surface area contributed by atoms with Crippen molar-refractivity contribution < 1.29 is 9.59 Å². The van der Waals surface area contributed by atoms with Gasteiger partial charge < -0.3 is 20.4 Å². The van der Waals surface area contributed by atoms with Crippen molar-refractivity contribution >= 4 is 40.5 Å². The van der Waals surface area contributed by atoms with Gasteiger partial charge in [-0.1, -0.05) is 11.6 Å². The van der Waals surface area contributed by atoms with E-state index in [1.54, 1.807) is 18.2 Å². The van der Waals surface area contributed by atoms with Crippen LogP contribution in [0.5, 0.6) is 0 Å². The van der Waals surface area contributed by atoms with E-state index >= 15 is 0 Å². The number of carbonyl (C=O) groups excluding carboxylic acids is 2. The average molecular weight is 387 g/mol. The summed E-state index contributed by atoms with van der Waals surface area (Å²) < 4.78 is 0.